The van der Waals surface area contributed by atoms with Crippen molar-refractivity contribution in [3.63, 3.8) is 0 Å². The van der Waals surface area contributed by atoms with Crippen LogP contribution in [-0.2, 0) is 9.84 Å². The van der Waals surface area contributed by atoms with E-state index in [1.54, 1.807) is 6.20 Å². The number of hydrogen-bond acceptors (Lipinski definition) is 5. The fourth-order valence-electron chi connectivity index (χ4n) is 2.79. The first kappa shape index (κ1) is 13.2. The molecule has 0 aliphatic carbocycles. The summed E-state index contributed by atoms with van der Waals surface area (Å²) in [5.74, 6) is 0.391. The van der Waals surface area contributed by atoms with Crippen LogP contribution in [0.3, 0.4) is 0 Å². The van der Waals surface area contributed by atoms with Gasteiger partial charge in [-0.3, -0.25) is 4.98 Å². The monoisotopic (exact) mass is 291 g/mol. The van der Waals surface area contributed by atoms with Crippen molar-refractivity contribution < 1.29 is 8.42 Å². The molecule has 2 aromatic rings. The SMILES string of the molecule is CC1CS(=O)(=O)CCN1c1ccc(N)c2ncccc12. The van der Waals surface area contributed by atoms with Crippen molar-refractivity contribution >= 4 is 32.1 Å². The number of sulfone groups is 1. The Morgan fingerprint density at radius 1 is 1.35 bits per heavy atom. The van der Waals surface area contributed by atoms with Crippen LogP contribution >= 0.6 is 0 Å². The van der Waals surface area contributed by atoms with Gasteiger partial charge < -0.3 is 10.6 Å². The molecule has 1 aromatic carbocycles. The third-order valence-corrected chi connectivity index (χ3v) is 5.55. The van der Waals surface area contributed by atoms with Gasteiger partial charge in [-0.1, -0.05) is 0 Å². The zero-order chi connectivity index (χ0) is 14.3. The number of rotatable bonds is 1. The van der Waals surface area contributed by atoms with Crippen LogP contribution in [-0.4, -0.2) is 37.5 Å². The molecular weight excluding hydrogens is 274 g/mol. The predicted molar refractivity (Wildman–Crippen MR) is 81.6 cm³/mol. The van der Waals surface area contributed by atoms with Crippen molar-refractivity contribution in [1.29, 1.82) is 0 Å². The van der Waals surface area contributed by atoms with E-state index in [0.717, 1.165) is 16.6 Å². The fourth-order valence-corrected chi connectivity index (χ4v) is 4.34. The summed E-state index contributed by atoms with van der Waals surface area (Å²) < 4.78 is 23.4. The van der Waals surface area contributed by atoms with Gasteiger partial charge in [0, 0.05) is 29.9 Å². The molecule has 20 heavy (non-hydrogen) atoms. The molecule has 106 valence electrons. The highest BCUT2D eigenvalue weighted by Gasteiger charge is 2.29. The maximum Gasteiger partial charge on any atom is 0.154 e. The quantitative estimate of drug-likeness (QED) is 0.805. The molecule has 2 N–H and O–H groups in total. The number of benzene rings is 1. The number of anilines is 2. The Morgan fingerprint density at radius 2 is 2.15 bits per heavy atom. The maximum atomic E-state index is 11.7. The predicted octanol–water partition coefficient (Wildman–Crippen LogP) is 1.44. The molecule has 0 radical (unpaired) electrons. The molecule has 3 rings (SSSR count). The topological polar surface area (TPSA) is 76.3 Å². The summed E-state index contributed by atoms with van der Waals surface area (Å²) in [5, 5.41) is 0.971. The van der Waals surface area contributed by atoms with Crippen LogP contribution in [0, 0.1) is 0 Å². The van der Waals surface area contributed by atoms with Crippen molar-refractivity contribution in [3.8, 4) is 0 Å². The van der Waals surface area contributed by atoms with Crippen molar-refractivity contribution in [2.45, 2.75) is 13.0 Å². The third-order valence-electron chi connectivity index (χ3n) is 3.76. The lowest BCUT2D eigenvalue weighted by Gasteiger charge is -2.35. The standard InChI is InChI=1S/C14H17N3O2S/c1-10-9-20(18,19)8-7-17(10)13-5-4-12(15)14-11(13)3-2-6-16-14/h2-6,10H,7-9,15H2,1H3. The van der Waals surface area contributed by atoms with Gasteiger partial charge in [0.25, 0.3) is 0 Å². The van der Waals surface area contributed by atoms with Crippen LogP contribution in [0.15, 0.2) is 30.5 Å². The van der Waals surface area contributed by atoms with Gasteiger partial charge in [-0.25, -0.2) is 8.42 Å². The molecule has 6 heteroatoms. The first-order chi connectivity index (χ1) is 9.48. The summed E-state index contributed by atoms with van der Waals surface area (Å²) in [5.41, 5.74) is 8.37. The highest BCUT2D eigenvalue weighted by atomic mass is 32.2. The van der Waals surface area contributed by atoms with Gasteiger partial charge in [0.1, 0.15) is 0 Å². The zero-order valence-electron chi connectivity index (χ0n) is 11.3. The molecule has 1 fully saturated rings. The Bertz CT molecular complexity index is 758. The zero-order valence-corrected chi connectivity index (χ0v) is 12.1. The van der Waals surface area contributed by atoms with E-state index in [9.17, 15) is 8.42 Å². The maximum absolute atomic E-state index is 11.7. The van der Waals surface area contributed by atoms with E-state index in [1.807, 2.05) is 31.2 Å². The average Bonchev–Trinajstić information content (AvgIpc) is 2.40. The summed E-state index contributed by atoms with van der Waals surface area (Å²) in [6, 6.07) is 7.59. The van der Waals surface area contributed by atoms with Gasteiger partial charge in [0.2, 0.25) is 0 Å². The van der Waals surface area contributed by atoms with E-state index in [4.69, 9.17) is 5.73 Å². The first-order valence-corrected chi connectivity index (χ1v) is 8.40. The number of nitrogen functional groups attached to an aromatic ring is 1. The number of nitrogens with zero attached hydrogens (tertiary/aromatic N) is 2. The van der Waals surface area contributed by atoms with E-state index in [2.05, 4.69) is 9.88 Å². The normalized spacial score (nSPS) is 22.1. The molecule has 0 bridgehead atoms. The van der Waals surface area contributed by atoms with E-state index in [-0.39, 0.29) is 17.5 Å². The number of nitrogens with two attached hydrogens (primary N) is 1. The number of fused-ring (bicyclic) bond motifs is 1. The Kier molecular flexibility index (Phi) is 3.05. The Balaban J connectivity index is 2.09. The number of aromatic nitrogens is 1. The number of pyridine rings is 1. The summed E-state index contributed by atoms with van der Waals surface area (Å²) in [7, 11) is -2.92. The molecule has 5 nitrogen and oxygen atoms in total. The molecule has 0 spiro atoms. The van der Waals surface area contributed by atoms with Crippen molar-refractivity contribution in [2.24, 2.45) is 0 Å². The second-order valence-electron chi connectivity index (χ2n) is 5.23. The molecule has 1 atom stereocenters. The van der Waals surface area contributed by atoms with Crippen molar-refractivity contribution in [1.82, 2.24) is 4.98 Å². The highest BCUT2D eigenvalue weighted by Crippen LogP contribution is 2.31. The first-order valence-electron chi connectivity index (χ1n) is 6.58. The molecule has 1 aliphatic rings. The van der Waals surface area contributed by atoms with Gasteiger partial charge in [-0.05, 0) is 31.2 Å². The van der Waals surface area contributed by atoms with E-state index < -0.39 is 9.84 Å². The minimum absolute atomic E-state index is 0.0409. The second-order valence-corrected chi connectivity index (χ2v) is 7.46. The van der Waals surface area contributed by atoms with Gasteiger partial charge >= 0.3 is 0 Å². The second kappa shape index (κ2) is 4.63. The Hall–Kier alpha value is -1.82. The van der Waals surface area contributed by atoms with E-state index in [1.165, 1.54) is 0 Å². The Labute approximate surface area is 118 Å². The van der Waals surface area contributed by atoms with Crippen LogP contribution in [0.4, 0.5) is 11.4 Å². The summed E-state index contributed by atoms with van der Waals surface area (Å²) >= 11 is 0. The van der Waals surface area contributed by atoms with Gasteiger partial charge in [0.15, 0.2) is 9.84 Å². The molecule has 2 heterocycles. The van der Waals surface area contributed by atoms with E-state index in [0.29, 0.717) is 12.2 Å². The smallest absolute Gasteiger partial charge is 0.154 e. The van der Waals surface area contributed by atoms with Gasteiger partial charge in [0.05, 0.1) is 22.7 Å². The van der Waals surface area contributed by atoms with Crippen LogP contribution in [0.25, 0.3) is 10.9 Å². The Morgan fingerprint density at radius 3 is 2.90 bits per heavy atom. The molecule has 1 unspecified atom stereocenters. The summed E-state index contributed by atoms with van der Waals surface area (Å²) in [4.78, 5) is 6.45. The lowest BCUT2D eigenvalue weighted by atomic mass is 10.1. The van der Waals surface area contributed by atoms with Crippen LogP contribution in [0.1, 0.15) is 6.92 Å². The van der Waals surface area contributed by atoms with Crippen LogP contribution in [0.5, 0.6) is 0 Å². The van der Waals surface area contributed by atoms with Crippen molar-refractivity contribution in [2.75, 3.05) is 28.7 Å². The van der Waals surface area contributed by atoms with Crippen molar-refractivity contribution in [3.05, 3.63) is 30.5 Å². The van der Waals surface area contributed by atoms with Crippen LogP contribution in [0.2, 0.25) is 0 Å². The molecule has 1 saturated heterocycles. The van der Waals surface area contributed by atoms with Gasteiger partial charge in [-0.2, -0.15) is 0 Å². The van der Waals surface area contributed by atoms with Crippen LogP contribution < -0.4 is 10.6 Å². The minimum atomic E-state index is -2.92. The highest BCUT2D eigenvalue weighted by molar-refractivity contribution is 7.91. The summed E-state index contributed by atoms with van der Waals surface area (Å²) in [6.45, 7) is 2.45. The fraction of sp³-hybridized carbons (Fsp3) is 0.357. The van der Waals surface area contributed by atoms with E-state index >= 15 is 0 Å². The largest absolute Gasteiger partial charge is 0.397 e. The third kappa shape index (κ3) is 2.20. The molecular formula is C14H17N3O2S. The molecule has 1 aromatic heterocycles. The lowest BCUT2D eigenvalue weighted by Crippen LogP contribution is -2.47. The van der Waals surface area contributed by atoms with Gasteiger partial charge in [-0.15, -0.1) is 0 Å². The molecule has 1 aliphatic heterocycles. The average molecular weight is 291 g/mol. The molecule has 0 saturated carbocycles. The number of hydrogen-bond donors (Lipinski definition) is 1. The lowest BCUT2D eigenvalue weighted by molar-refractivity contribution is 0.569. The molecule has 0 amide bonds. The summed E-state index contributed by atoms with van der Waals surface area (Å²) in [6.07, 6.45) is 1.71. The minimum Gasteiger partial charge on any atom is -0.397 e.